The minimum atomic E-state index is -4.87. The van der Waals surface area contributed by atoms with Crippen molar-refractivity contribution < 1.29 is 27.4 Å². The molecule has 0 aliphatic heterocycles. The highest BCUT2D eigenvalue weighted by Crippen LogP contribution is 2.27. The molecule has 1 atom stereocenters. The summed E-state index contributed by atoms with van der Waals surface area (Å²) in [5, 5.41) is 0. The number of halogens is 3. The first-order valence-electron chi connectivity index (χ1n) is 12.7. The van der Waals surface area contributed by atoms with Gasteiger partial charge in [-0.15, -0.1) is 0 Å². The summed E-state index contributed by atoms with van der Waals surface area (Å²) in [7, 11) is 0. The summed E-state index contributed by atoms with van der Waals surface area (Å²) in [5.74, 6) is -1.36. The maximum Gasteiger partial charge on any atom is 0.425 e. The van der Waals surface area contributed by atoms with Crippen LogP contribution >= 0.6 is 0 Å². The van der Waals surface area contributed by atoms with E-state index in [1.165, 1.54) is 37.2 Å². The van der Waals surface area contributed by atoms with E-state index in [-0.39, 0.29) is 12.4 Å². The number of nitrogens with zero attached hydrogens (tertiary/aromatic N) is 2. The van der Waals surface area contributed by atoms with Crippen molar-refractivity contribution in [1.82, 2.24) is 9.97 Å². The number of rotatable bonds is 13. The molecular weight excluding hydrogens is 481 g/mol. The molecule has 0 spiro atoms. The van der Waals surface area contributed by atoms with E-state index in [1.54, 1.807) is 0 Å². The van der Waals surface area contributed by atoms with Crippen LogP contribution in [0.2, 0.25) is 0 Å². The average molecular weight is 515 g/mol. The van der Waals surface area contributed by atoms with Crippen LogP contribution in [-0.2, 0) is 16.0 Å². The highest BCUT2D eigenvalue weighted by Gasteiger charge is 2.47. The zero-order valence-electron chi connectivity index (χ0n) is 21.3. The molecule has 3 aromatic rings. The van der Waals surface area contributed by atoms with Crippen LogP contribution in [0.3, 0.4) is 0 Å². The van der Waals surface area contributed by atoms with E-state index >= 15 is 0 Å². The van der Waals surface area contributed by atoms with Crippen LogP contribution in [0.4, 0.5) is 13.2 Å². The van der Waals surface area contributed by atoms with Gasteiger partial charge >= 0.3 is 12.1 Å². The fourth-order valence-electron chi connectivity index (χ4n) is 3.79. The molecular formula is C29H33F3N2O3. The molecule has 0 radical (unpaired) electrons. The summed E-state index contributed by atoms with van der Waals surface area (Å²) in [4.78, 5) is 20.4. The number of aryl methyl sites for hydroxylation is 1. The number of carbonyl (C=O) groups is 1. The number of benzene rings is 2. The molecule has 8 heteroatoms. The first kappa shape index (κ1) is 28.3. The van der Waals surface area contributed by atoms with Crippen molar-refractivity contribution in [3.8, 4) is 28.3 Å². The molecule has 1 unspecified atom stereocenters. The lowest BCUT2D eigenvalue weighted by atomic mass is 10.0. The maximum absolute atomic E-state index is 13.2. The molecule has 37 heavy (non-hydrogen) atoms. The smallest absolute Gasteiger partial charge is 0.421 e. The average Bonchev–Trinajstić information content (AvgIpc) is 2.89. The third-order valence-electron chi connectivity index (χ3n) is 5.89. The molecule has 0 amide bonds. The Morgan fingerprint density at radius 2 is 1.35 bits per heavy atom. The predicted octanol–water partition coefficient (Wildman–Crippen LogP) is 7.59. The van der Waals surface area contributed by atoms with Gasteiger partial charge in [0.05, 0.1) is 12.4 Å². The molecule has 198 valence electrons. The molecule has 0 bridgehead atoms. The third kappa shape index (κ3) is 8.67. The SMILES string of the molecule is CCCCCOC(C(=O)Oc1cnc(-c2ccc(-c3ccc(CCCCC)cc3)cc2)nc1)C(F)(F)F. The van der Waals surface area contributed by atoms with Crippen molar-refractivity contribution in [2.45, 2.75) is 71.1 Å². The van der Waals surface area contributed by atoms with E-state index in [0.717, 1.165) is 29.5 Å². The van der Waals surface area contributed by atoms with Gasteiger partial charge in [-0.3, -0.25) is 0 Å². The van der Waals surface area contributed by atoms with Crippen molar-refractivity contribution in [3.05, 3.63) is 66.5 Å². The van der Waals surface area contributed by atoms with Crippen LogP contribution in [0.5, 0.6) is 5.75 Å². The standard InChI is InChI=1S/C29H33F3N2O3/c1-3-5-7-9-21-10-12-22(13-11-21)23-14-16-24(17-15-23)27-33-19-25(20-34-27)37-28(35)26(29(30,31)32)36-18-8-6-4-2/h10-17,19-20,26H,3-9,18H2,1-2H3. The maximum atomic E-state index is 13.2. The highest BCUT2D eigenvalue weighted by atomic mass is 19.4. The van der Waals surface area contributed by atoms with Crippen molar-refractivity contribution in [2.24, 2.45) is 0 Å². The lowest BCUT2D eigenvalue weighted by Crippen LogP contribution is -2.42. The second kappa shape index (κ2) is 13.9. The van der Waals surface area contributed by atoms with Crippen LogP contribution in [0.1, 0.15) is 57.9 Å². The van der Waals surface area contributed by atoms with Crippen LogP contribution in [0.15, 0.2) is 60.9 Å². The fraction of sp³-hybridized carbons (Fsp3) is 0.414. The molecule has 5 nitrogen and oxygen atoms in total. The van der Waals surface area contributed by atoms with Gasteiger partial charge in [-0.05, 0) is 36.0 Å². The van der Waals surface area contributed by atoms with E-state index in [2.05, 4.69) is 41.2 Å². The fourth-order valence-corrected chi connectivity index (χ4v) is 3.79. The van der Waals surface area contributed by atoms with E-state index in [1.807, 2.05) is 31.2 Å². The van der Waals surface area contributed by atoms with Gasteiger partial charge < -0.3 is 9.47 Å². The predicted molar refractivity (Wildman–Crippen MR) is 137 cm³/mol. The number of hydrogen-bond donors (Lipinski definition) is 0. The van der Waals surface area contributed by atoms with Gasteiger partial charge in [0.25, 0.3) is 6.10 Å². The molecule has 0 saturated heterocycles. The third-order valence-corrected chi connectivity index (χ3v) is 5.89. The lowest BCUT2D eigenvalue weighted by molar-refractivity contribution is -0.225. The Kier molecular flexibility index (Phi) is 10.6. The Labute approximate surface area is 216 Å². The number of ether oxygens (including phenoxy) is 2. The van der Waals surface area contributed by atoms with E-state index < -0.39 is 18.2 Å². The minimum Gasteiger partial charge on any atom is -0.421 e. The minimum absolute atomic E-state index is 0.179. The topological polar surface area (TPSA) is 61.3 Å². The lowest BCUT2D eigenvalue weighted by Gasteiger charge is -2.19. The van der Waals surface area contributed by atoms with E-state index in [4.69, 9.17) is 9.47 Å². The normalized spacial score (nSPS) is 12.4. The van der Waals surface area contributed by atoms with Gasteiger partial charge in [0.15, 0.2) is 11.6 Å². The van der Waals surface area contributed by atoms with Crippen LogP contribution in [0.25, 0.3) is 22.5 Å². The van der Waals surface area contributed by atoms with Gasteiger partial charge in [0, 0.05) is 12.2 Å². The first-order chi connectivity index (χ1) is 17.8. The molecule has 1 heterocycles. The summed E-state index contributed by atoms with van der Waals surface area (Å²) < 4.78 is 49.4. The van der Waals surface area contributed by atoms with E-state index in [0.29, 0.717) is 18.7 Å². The Hall–Kier alpha value is -3.26. The Bertz CT molecular complexity index is 1100. The summed E-state index contributed by atoms with van der Waals surface area (Å²) in [6, 6.07) is 16.2. The Balaban J connectivity index is 1.61. The Morgan fingerprint density at radius 1 is 0.811 bits per heavy atom. The van der Waals surface area contributed by atoms with Gasteiger partial charge in [0.2, 0.25) is 0 Å². The highest BCUT2D eigenvalue weighted by molar-refractivity contribution is 5.78. The number of esters is 1. The van der Waals surface area contributed by atoms with Crippen LogP contribution < -0.4 is 4.74 Å². The molecule has 0 fully saturated rings. The Morgan fingerprint density at radius 3 is 1.92 bits per heavy atom. The van der Waals surface area contributed by atoms with Crippen molar-refractivity contribution in [2.75, 3.05) is 6.61 Å². The number of carbonyl (C=O) groups excluding carboxylic acids is 1. The number of alkyl halides is 3. The van der Waals surface area contributed by atoms with Crippen LogP contribution in [-0.4, -0.2) is 34.8 Å². The molecule has 3 rings (SSSR count). The van der Waals surface area contributed by atoms with Gasteiger partial charge in [-0.2, -0.15) is 13.2 Å². The van der Waals surface area contributed by atoms with E-state index in [9.17, 15) is 18.0 Å². The first-order valence-corrected chi connectivity index (χ1v) is 12.7. The second-order valence-corrected chi connectivity index (χ2v) is 8.89. The zero-order chi connectivity index (χ0) is 26.7. The van der Waals surface area contributed by atoms with Gasteiger partial charge in [-0.25, -0.2) is 14.8 Å². The zero-order valence-corrected chi connectivity index (χ0v) is 21.3. The molecule has 0 aliphatic rings. The second-order valence-electron chi connectivity index (χ2n) is 8.89. The molecule has 0 aliphatic carbocycles. The summed E-state index contributed by atoms with van der Waals surface area (Å²) in [6.07, 6.45) is 1.50. The monoisotopic (exact) mass is 514 g/mol. The number of aromatic nitrogens is 2. The molecule has 1 aromatic heterocycles. The summed E-state index contributed by atoms with van der Waals surface area (Å²) in [6.45, 7) is 3.93. The van der Waals surface area contributed by atoms with Gasteiger partial charge in [-0.1, -0.05) is 88.1 Å². The molecule has 2 aromatic carbocycles. The number of hydrogen-bond acceptors (Lipinski definition) is 5. The number of unbranched alkanes of at least 4 members (excludes halogenated alkanes) is 4. The van der Waals surface area contributed by atoms with Crippen molar-refractivity contribution in [1.29, 1.82) is 0 Å². The van der Waals surface area contributed by atoms with Gasteiger partial charge in [0.1, 0.15) is 0 Å². The van der Waals surface area contributed by atoms with Crippen molar-refractivity contribution >= 4 is 5.97 Å². The largest absolute Gasteiger partial charge is 0.425 e. The molecule has 0 saturated carbocycles. The molecule has 0 N–H and O–H groups in total. The van der Waals surface area contributed by atoms with Crippen molar-refractivity contribution in [3.63, 3.8) is 0 Å². The summed E-state index contributed by atoms with van der Waals surface area (Å²) >= 11 is 0. The summed E-state index contributed by atoms with van der Waals surface area (Å²) in [5.41, 5.74) is 4.20. The van der Waals surface area contributed by atoms with Crippen LogP contribution in [0, 0.1) is 0 Å². The quantitative estimate of drug-likeness (QED) is 0.174.